The van der Waals surface area contributed by atoms with Gasteiger partial charge in [0.1, 0.15) is 5.82 Å². The number of nitrogens with zero attached hydrogens (tertiary/aromatic N) is 4. The van der Waals surface area contributed by atoms with Gasteiger partial charge in [-0.2, -0.15) is 0 Å². The molecular weight excluding hydrogens is 443 g/mol. The fraction of sp³-hybridized carbons (Fsp3) is 0.259. The molecule has 0 radical (unpaired) electrons. The first-order valence-corrected chi connectivity index (χ1v) is 11.8. The lowest BCUT2D eigenvalue weighted by atomic mass is 10.0. The number of aliphatic hydroxyl groups is 1. The van der Waals surface area contributed by atoms with Crippen LogP contribution in [0.1, 0.15) is 0 Å². The van der Waals surface area contributed by atoms with Crippen molar-refractivity contribution in [3.05, 3.63) is 72.7 Å². The van der Waals surface area contributed by atoms with E-state index in [9.17, 15) is 0 Å². The third-order valence-corrected chi connectivity index (χ3v) is 6.43. The molecule has 7 nitrogen and oxygen atoms in total. The van der Waals surface area contributed by atoms with Crippen LogP contribution < -0.4 is 15.5 Å². The SMILES string of the molecule is CNc1cccc(-c2cccc3cnc(Nc4ccc(N5CCN(CCO)CC5)cc4F)nc23)c1. The maximum atomic E-state index is 15.0. The van der Waals surface area contributed by atoms with Crippen molar-refractivity contribution in [3.63, 3.8) is 0 Å². The summed E-state index contributed by atoms with van der Waals surface area (Å²) in [7, 11) is 1.89. The highest BCUT2D eigenvalue weighted by atomic mass is 19.1. The van der Waals surface area contributed by atoms with Gasteiger partial charge < -0.3 is 20.6 Å². The lowest BCUT2D eigenvalue weighted by molar-refractivity contribution is 0.189. The van der Waals surface area contributed by atoms with Crippen molar-refractivity contribution in [2.45, 2.75) is 0 Å². The van der Waals surface area contributed by atoms with Crippen LogP contribution in [0.3, 0.4) is 0 Å². The van der Waals surface area contributed by atoms with Gasteiger partial charge in [0.25, 0.3) is 0 Å². The first-order chi connectivity index (χ1) is 17.1. The van der Waals surface area contributed by atoms with E-state index in [1.54, 1.807) is 18.3 Å². The first-order valence-electron chi connectivity index (χ1n) is 11.8. The third kappa shape index (κ3) is 5.03. The highest BCUT2D eigenvalue weighted by Gasteiger charge is 2.18. The molecule has 35 heavy (non-hydrogen) atoms. The minimum absolute atomic E-state index is 0.162. The number of β-amino-alcohol motifs (C(OH)–C–C–N with tert-alkyl or cyclic N) is 1. The van der Waals surface area contributed by atoms with E-state index in [1.807, 2.05) is 49.5 Å². The Morgan fingerprint density at radius 3 is 2.60 bits per heavy atom. The Labute approximate surface area is 204 Å². The number of fused-ring (bicyclic) bond motifs is 1. The van der Waals surface area contributed by atoms with E-state index in [1.165, 1.54) is 0 Å². The van der Waals surface area contributed by atoms with Crippen LogP contribution in [-0.2, 0) is 0 Å². The average Bonchev–Trinajstić information content (AvgIpc) is 2.90. The number of piperazine rings is 1. The Morgan fingerprint density at radius 1 is 1.00 bits per heavy atom. The first kappa shape index (κ1) is 23.0. The van der Waals surface area contributed by atoms with Gasteiger partial charge in [-0.05, 0) is 35.9 Å². The van der Waals surface area contributed by atoms with E-state index in [4.69, 9.17) is 10.1 Å². The standard InChI is InChI=1S/C27H29FN6O/c1-29-21-6-2-4-19(16-21)23-7-3-5-20-18-30-27(32-26(20)23)31-25-9-8-22(17-24(25)28)34-12-10-33(11-13-34)14-15-35/h2-9,16-18,29,35H,10-15H2,1H3,(H,30,31,32). The van der Waals surface area contributed by atoms with Crippen molar-refractivity contribution in [2.75, 3.05) is 61.9 Å². The Balaban J connectivity index is 1.38. The zero-order valence-corrected chi connectivity index (χ0v) is 19.7. The molecule has 0 unspecified atom stereocenters. The van der Waals surface area contributed by atoms with E-state index in [0.29, 0.717) is 18.2 Å². The quantitative estimate of drug-likeness (QED) is 0.370. The normalized spacial score (nSPS) is 14.3. The second kappa shape index (κ2) is 10.2. The monoisotopic (exact) mass is 472 g/mol. The molecule has 3 aromatic carbocycles. The van der Waals surface area contributed by atoms with Crippen molar-refractivity contribution in [3.8, 4) is 11.1 Å². The molecule has 1 fully saturated rings. The van der Waals surface area contributed by atoms with Crippen molar-refractivity contribution >= 4 is 33.9 Å². The minimum atomic E-state index is -0.348. The Bertz CT molecular complexity index is 1320. The largest absolute Gasteiger partial charge is 0.395 e. The predicted molar refractivity (Wildman–Crippen MR) is 140 cm³/mol. The molecule has 1 aliphatic heterocycles. The molecule has 8 heteroatoms. The van der Waals surface area contributed by atoms with E-state index in [-0.39, 0.29) is 12.4 Å². The lowest BCUT2D eigenvalue weighted by Gasteiger charge is -2.35. The second-order valence-corrected chi connectivity index (χ2v) is 8.61. The molecule has 0 spiro atoms. The number of aromatic nitrogens is 2. The molecule has 3 N–H and O–H groups in total. The van der Waals surface area contributed by atoms with Gasteiger partial charge in [0, 0.05) is 68.3 Å². The average molecular weight is 473 g/mol. The second-order valence-electron chi connectivity index (χ2n) is 8.61. The number of hydrogen-bond acceptors (Lipinski definition) is 7. The van der Waals surface area contributed by atoms with Crippen LogP contribution in [0.5, 0.6) is 0 Å². The van der Waals surface area contributed by atoms with Gasteiger partial charge >= 0.3 is 0 Å². The minimum Gasteiger partial charge on any atom is -0.395 e. The highest BCUT2D eigenvalue weighted by molar-refractivity contribution is 5.94. The summed E-state index contributed by atoms with van der Waals surface area (Å²) in [5, 5.41) is 16.3. The fourth-order valence-corrected chi connectivity index (χ4v) is 4.48. The van der Waals surface area contributed by atoms with Crippen LogP contribution in [0, 0.1) is 5.82 Å². The predicted octanol–water partition coefficient (Wildman–Crippen LogP) is 4.34. The Hall–Kier alpha value is -3.75. The van der Waals surface area contributed by atoms with E-state index < -0.39 is 0 Å². The van der Waals surface area contributed by atoms with E-state index in [0.717, 1.165) is 59.6 Å². The van der Waals surface area contributed by atoms with Crippen LogP contribution in [0.15, 0.2) is 66.9 Å². The van der Waals surface area contributed by atoms with Crippen LogP contribution in [0.2, 0.25) is 0 Å². The summed E-state index contributed by atoms with van der Waals surface area (Å²) in [5.74, 6) is -0.00187. The highest BCUT2D eigenvalue weighted by Crippen LogP contribution is 2.30. The van der Waals surface area contributed by atoms with Gasteiger partial charge in [0.15, 0.2) is 0 Å². The zero-order chi connectivity index (χ0) is 24.2. The topological polar surface area (TPSA) is 76.6 Å². The summed E-state index contributed by atoms with van der Waals surface area (Å²) in [4.78, 5) is 13.5. The third-order valence-electron chi connectivity index (χ3n) is 6.43. The Morgan fingerprint density at radius 2 is 1.83 bits per heavy atom. The van der Waals surface area contributed by atoms with Crippen LogP contribution in [0.25, 0.3) is 22.0 Å². The number of anilines is 4. The maximum Gasteiger partial charge on any atom is 0.227 e. The van der Waals surface area contributed by atoms with Gasteiger partial charge in [-0.1, -0.05) is 30.3 Å². The van der Waals surface area contributed by atoms with Crippen LogP contribution >= 0.6 is 0 Å². The molecule has 1 aliphatic rings. The number of benzene rings is 3. The fourth-order valence-electron chi connectivity index (χ4n) is 4.48. The molecule has 0 atom stereocenters. The molecule has 0 saturated carbocycles. The van der Waals surface area contributed by atoms with Gasteiger partial charge in [0.05, 0.1) is 17.8 Å². The summed E-state index contributed by atoms with van der Waals surface area (Å²) in [6, 6.07) is 19.3. The number of halogens is 1. The van der Waals surface area contributed by atoms with E-state index in [2.05, 4.69) is 31.5 Å². The van der Waals surface area contributed by atoms with Crippen molar-refractivity contribution in [2.24, 2.45) is 0 Å². The number of rotatable bonds is 7. The molecular formula is C27H29FN6O. The molecule has 5 rings (SSSR count). The van der Waals surface area contributed by atoms with Crippen molar-refractivity contribution in [1.29, 1.82) is 0 Å². The van der Waals surface area contributed by atoms with Crippen LogP contribution in [0.4, 0.5) is 27.4 Å². The summed E-state index contributed by atoms with van der Waals surface area (Å²) >= 11 is 0. The zero-order valence-electron chi connectivity index (χ0n) is 19.7. The number of hydrogen-bond donors (Lipinski definition) is 3. The molecule has 0 amide bonds. The molecule has 2 heterocycles. The van der Waals surface area contributed by atoms with Gasteiger partial charge in [-0.3, -0.25) is 4.90 Å². The van der Waals surface area contributed by atoms with Gasteiger partial charge in [-0.15, -0.1) is 0 Å². The lowest BCUT2D eigenvalue weighted by Crippen LogP contribution is -2.47. The summed E-state index contributed by atoms with van der Waals surface area (Å²) < 4.78 is 15.0. The summed E-state index contributed by atoms with van der Waals surface area (Å²) in [5.41, 5.74) is 5.03. The number of para-hydroxylation sites is 1. The summed E-state index contributed by atoms with van der Waals surface area (Å²) in [6.07, 6.45) is 1.76. The smallest absolute Gasteiger partial charge is 0.227 e. The molecule has 0 aliphatic carbocycles. The van der Waals surface area contributed by atoms with Crippen LogP contribution in [-0.4, -0.2) is 66.4 Å². The molecule has 4 aromatic rings. The number of aliphatic hydroxyl groups excluding tert-OH is 1. The Kier molecular flexibility index (Phi) is 6.74. The van der Waals surface area contributed by atoms with Crippen molar-refractivity contribution < 1.29 is 9.50 Å². The maximum absolute atomic E-state index is 15.0. The number of nitrogens with one attached hydrogen (secondary N) is 2. The van der Waals surface area contributed by atoms with Gasteiger partial charge in [0.2, 0.25) is 5.95 Å². The molecule has 0 bridgehead atoms. The van der Waals surface area contributed by atoms with Gasteiger partial charge in [-0.25, -0.2) is 14.4 Å². The molecule has 1 aromatic heterocycles. The molecule has 1 saturated heterocycles. The van der Waals surface area contributed by atoms with Crippen molar-refractivity contribution in [1.82, 2.24) is 14.9 Å². The van der Waals surface area contributed by atoms with E-state index >= 15 is 4.39 Å². The molecule has 180 valence electrons. The summed E-state index contributed by atoms with van der Waals surface area (Å²) in [6.45, 7) is 4.16.